The van der Waals surface area contributed by atoms with Crippen molar-refractivity contribution in [2.24, 2.45) is 0 Å². The van der Waals surface area contributed by atoms with Gasteiger partial charge in [-0.25, -0.2) is 0 Å². The van der Waals surface area contributed by atoms with Gasteiger partial charge in [0.2, 0.25) is 0 Å². The Balaban J connectivity index is 2.48. The van der Waals surface area contributed by atoms with Gasteiger partial charge in [0.15, 0.2) is 0 Å². The molecule has 128 valence electrons. The van der Waals surface area contributed by atoms with Gasteiger partial charge in [0.25, 0.3) is 0 Å². The molecule has 1 N–H and O–H groups in total. The second-order valence-corrected chi connectivity index (χ2v) is 6.36. The molecular weight excluding hydrogens is 327 g/mol. The molecular formula is C18H21O5P. The van der Waals surface area contributed by atoms with Crippen molar-refractivity contribution in [1.29, 1.82) is 0 Å². The van der Waals surface area contributed by atoms with Crippen molar-refractivity contribution in [2.75, 3.05) is 13.2 Å². The largest absolute Gasteiger partial charge is 0.494 e. The minimum atomic E-state index is -2.04. The summed E-state index contributed by atoms with van der Waals surface area (Å²) in [5.41, 5.74) is 2.99. The SMILES string of the molecule is CCOc1cc(C)c2op(O)oc3c(C)cc(OCC)cc3c2c1. The fourth-order valence-electron chi connectivity index (χ4n) is 2.80. The fourth-order valence-corrected chi connectivity index (χ4v) is 3.63. The van der Waals surface area contributed by atoms with Crippen LogP contribution in [0, 0.1) is 13.8 Å². The highest BCUT2D eigenvalue weighted by Crippen LogP contribution is 2.38. The fraction of sp³-hybridized carbons (Fsp3) is 0.333. The first-order chi connectivity index (χ1) is 11.5. The van der Waals surface area contributed by atoms with E-state index in [-0.39, 0.29) is 0 Å². The van der Waals surface area contributed by atoms with E-state index in [0.717, 1.165) is 33.4 Å². The minimum Gasteiger partial charge on any atom is -0.494 e. The number of hydrogen-bond acceptors (Lipinski definition) is 5. The van der Waals surface area contributed by atoms with E-state index in [1.807, 2.05) is 52.0 Å². The van der Waals surface area contributed by atoms with Gasteiger partial charge in [-0.05, 0) is 63.1 Å². The smallest absolute Gasteiger partial charge is 0.384 e. The zero-order valence-electron chi connectivity index (χ0n) is 14.3. The zero-order chi connectivity index (χ0) is 17.3. The summed E-state index contributed by atoms with van der Waals surface area (Å²) < 4.78 is 22.6. The van der Waals surface area contributed by atoms with E-state index in [1.54, 1.807) is 0 Å². The van der Waals surface area contributed by atoms with E-state index >= 15 is 0 Å². The number of hydrogen-bond donors (Lipinski definition) is 1. The highest BCUT2D eigenvalue weighted by Gasteiger charge is 2.13. The Morgan fingerprint density at radius 3 is 1.62 bits per heavy atom. The summed E-state index contributed by atoms with van der Waals surface area (Å²) in [7, 11) is -2.04. The lowest BCUT2D eigenvalue weighted by Gasteiger charge is -2.08. The maximum Gasteiger partial charge on any atom is 0.384 e. The van der Waals surface area contributed by atoms with Gasteiger partial charge in [-0.15, -0.1) is 0 Å². The van der Waals surface area contributed by atoms with Gasteiger partial charge in [-0.3, -0.25) is 4.89 Å². The molecule has 0 fully saturated rings. The molecule has 0 saturated carbocycles. The molecule has 5 nitrogen and oxygen atoms in total. The quantitative estimate of drug-likeness (QED) is 0.678. The van der Waals surface area contributed by atoms with Crippen LogP contribution in [0.25, 0.3) is 21.9 Å². The maximum atomic E-state index is 10.1. The van der Waals surface area contributed by atoms with Crippen LogP contribution in [0.4, 0.5) is 0 Å². The van der Waals surface area contributed by atoms with Crippen LogP contribution in [-0.2, 0) is 0 Å². The number of ether oxygens (including phenoxy) is 2. The Labute approximate surface area is 141 Å². The average molecular weight is 348 g/mol. The third-order valence-electron chi connectivity index (χ3n) is 3.75. The van der Waals surface area contributed by atoms with Crippen molar-refractivity contribution in [3.05, 3.63) is 35.4 Å². The Hall–Kier alpha value is -2.10. The molecule has 24 heavy (non-hydrogen) atoms. The van der Waals surface area contributed by atoms with Gasteiger partial charge in [-0.1, -0.05) is 0 Å². The molecule has 0 spiro atoms. The number of benzene rings is 2. The molecule has 0 aliphatic carbocycles. The average Bonchev–Trinajstić information content (AvgIpc) is 2.66. The van der Waals surface area contributed by atoms with E-state index in [2.05, 4.69) is 0 Å². The van der Waals surface area contributed by atoms with Crippen LogP contribution in [0.2, 0.25) is 0 Å². The topological polar surface area (TPSA) is 65.0 Å². The van der Waals surface area contributed by atoms with E-state index in [1.165, 1.54) is 0 Å². The van der Waals surface area contributed by atoms with Crippen molar-refractivity contribution in [1.82, 2.24) is 0 Å². The van der Waals surface area contributed by atoms with Crippen molar-refractivity contribution in [3.8, 4) is 11.5 Å². The molecule has 0 radical (unpaired) electrons. The van der Waals surface area contributed by atoms with Gasteiger partial charge >= 0.3 is 8.24 Å². The highest BCUT2D eigenvalue weighted by molar-refractivity contribution is 7.30. The lowest BCUT2D eigenvalue weighted by Crippen LogP contribution is -1.93. The molecule has 0 amide bonds. The van der Waals surface area contributed by atoms with E-state index in [9.17, 15) is 4.89 Å². The summed E-state index contributed by atoms with van der Waals surface area (Å²) in [5.74, 6) is 1.51. The number of rotatable bonds is 4. The Morgan fingerprint density at radius 2 is 1.25 bits per heavy atom. The molecule has 0 bridgehead atoms. The predicted molar refractivity (Wildman–Crippen MR) is 95.8 cm³/mol. The summed E-state index contributed by atoms with van der Waals surface area (Å²) in [4.78, 5) is 10.1. The van der Waals surface area contributed by atoms with Crippen molar-refractivity contribution in [3.63, 3.8) is 0 Å². The maximum absolute atomic E-state index is 10.1. The first-order valence-corrected chi connectivity index (χ1v) is 9.06. The van der Waals surface area contributed by atoms with Gasteiger partial charge in [0.1, 0.15) is 22.7 Å². The van der Waals surface area contributed by atoms with Gasteiger partial charge < -0.3 is 17.9 Å². The second kappa shape index (κ2) is 6.80. The van der Waals surface area contributed by atoms with Crippen LogP contribution in [0.3, 0.4) is 0 Å². The van der Waals surface area contributed by atoms with Crippen molar-refractivity contribution in [2.45, 2.75) is 27.7 Å². The molecule has 3 rings (SSSR count). The molecule has 0 aliphatic heterocycles. The van der Waals surface area contributed by atoms with Crippen molar-refractivity contribution < 1.29 is 22.8 Å². The molecule has 3 aromatic rings. The van der Waals surface area contributed by atoms with E-state index in [4.69, 9.17) is 17.9 Å². The van der Waals surface area contributed by atoms with Gasteiger partial charge in [-0.2, -0.15) is 0 Å². The summed E-state index contributed by atoms with van der Waals surface area (Å²) in [6.45, 7) is 8.89. The third kappa shape index (κ3) is 3.10. The first-order valence-electron chi connectivity index (χ1n) is 7.93. The highest BCUT2D eigenvalue weighted by atomic mass is 31.1. The normalized spacial score (nSPS) is 11.0. The predicted octanol–water partition coefficient (Wildman–Crippen LogP) is 5.46. The summed E-state index contributed by atoms with van der Waals surface area (Å²) >= 11 is 0. The van der Waals surface area contributed by atoms with E-state index < -0.39 is 8.24 Å². The second-order valence-electron chi connectivity index (χ2n) is 5.52. The van der Waals surface area contributed by atoms with Crippen LogP contribution in [0.5, 0.6) is 11.5 Å². The Kier molecular flexibility index (Phi) is 4.74. The lowest BCUT2D eigenvalue weighted by atomic mass is 10.1. The molecule has 0 atom stereocenters. The van der Waals surface area contributed by atoms with Gasteiger partial charge in [0.05, 0.1) is 13.2 Å². The Morgan fingerprint density at radius 1 is 0.833 bits per heavy atom. The molecule has 1 heterocycles. The standard InChI is InChI=1S/C18H21O5P/c1-5-20-13-7-11(3)17-15(9-13)16-10-14(21-6-2)8-12(4)18(16)23-24(19)22-17/h7-10,19H,5-6H2,1-4H3. The molecule has 6 heteroatoms. The van der Waals surface area contributed by atoms with Crippen LogP contribution < -0.4 is 9.47 Å². The summed E-state index contributed by atoms with van der Waals surface area (Å²) in [5, 5.41) is 1.66. The van der Waals surface area contributed by atoms with Crippen molar-refractivity contribution >= 4 is 30.2 Å². The van der Waals surface area contributed by atoms with Crippen LogP contribution in [-0.4, -0.2) is 18.1 Å². The molecule has 1 aromatic heterocycles. The van der Waals surface area contributed by atoms with E-state index in [0.29, 0.717) is 24.4 Å². The third-order valence-corrected chi connectivity index (χ3v) is 4.42. The minimum absolute atomic E-state index is 0.577. The molecule has 0 unspecified atom stereocenters. The first kappa shape index (κ1) is 16.7. The summed E-state index contributed by atoms with van der Waals surface area (Å²) in [6.07, 6.45) is 0. The Bertz CT molecular complexity index is 856. The van der Waals surface area contributed by atoms with Crippen LogP contribution in [0.15, 0.2) is 32.7 Å². The number of aryl methyl sites for hydroxylation is 2. The molecule has 0 aliphatic rings. The lowest BCUT2D eigenvalue weighted by molar-refractivity contribution is 0.340. The van der Waals surface area contributed by atoms with Crippen LogP contribution >= 0.6 is 8.24 Å². The molecule has 2 aromatic carbocycles. The molecule has 0 saturated heterocycles. The summed E-state index contributed by atoms with van der Waals surface area (Å²) in [6, 6.07) is 7.63. The monoisotopic (exact) mass is 348 g/mol. The van der Waals surface area contributed by atoms with Crippen LogP contribution in [0.1, 0.15) is 25.0 Å². The van der Waals surface area contributed by atoms with Gasteiger partial charge in [0, 0.05) is 10.8 Å². The zero-order valence-corrected chi connectivity index (χ0v) is 15.1. The number of fused-ring (bicyclic) bond motifs is 3.